The molecule has 0 N–H and O–H groups in total. The Morgan fingerprint density at radius 3 is 2.31 bits per heavy atom. The van der Waals surface area contributed by atoms with Gasteiger partial charge in [-0.25, -0.2) is 9.59 Å². The number of fused-ring (bicyclic) bond motifs is 1. The number of halogens is 3. The van der Waals surface area contributed by atoms with E-state index in [4.69, 9.17) is 9.47 Å². The first-order chi connectivity index (χ1) is 13.4. The van der Waals surface area contributed by atoms with E-state index in [1.165, 1.54) is 13.0 Å². The van der Waals surface area contributed by atoms with Crippen LogP contribution in [-0.2, 0) is 33.4 Å². The van der Waals surface area contributed by atoms with Crippen LogP contribution in [0, 0.1) is 0 Å². The van der Waals surface area contributed by atoms with Crippen molar-refractivity contribution in [2.45, 2.75) is 43.7 Å². The van der Waals surface area contributed by atoms with Crippen molar-refractivity contribution in [3.8, 4) is 0 Å². The molecule has 0 saturated carbocycles. The molecule has 2 rings (SSSR count). The van der Waals surface area contributed by atoms with Crippen LogP contribution in [0.1, 0.15) is 32.6 Å². The molecule has 0 spiro atoms. The zero-order chi connectivity index (χ0) is 22.0. The zero-order valence-corrected chi connectivity index (χ0v) is 17.0. The van der Waals surface area contributed by atoms with Crippen LogP contribution in [0.3, 0.4) is 0 Å². The highest BCUT2D eigenvalue weighted by Gasteiger charge is 2.53. The molecule has 0 radical (unpaired) electrons. The normalized spacial score (nSPS) is 23.6. The molecule has 0 aromatic heterocycles. The number of hydrogen-bond donors (Lipinski definition) is 0. The van der Waals surface area contributed by atoms with E-state index in [0.717, 1.165) is 20.6 Å². The molecule has 164 valence electrons. The summed E-state index contributed by atoms with van der Waals surface area (Å²) in [6.07, 6.45) is 2.56. The predicted octanol–water partition coefficient (Wildman–Crippen LogP) is 2.03. The summed E-state index contributed by atoms with van der Waals surface area (Å²) in [7, 11) is -3.63. The molecule has 1 saturated heterocycles. The van der Waals surface area contributed by atoms with Gasteiger partial charge in [-0.3, -0.25) is 4.90 Å². The fraction of sp³-hybridized carbons (Fsp3) is 0.647. The van der Waals surface area contributed by atoms with Crippen LogP contribution < -0.4 is 0 Å². The van der Waals surface area contributed by atoms with E-state index in [2.05, 4.69) is 4.18 Å². The summed E-state index contributed by atoms with van der Waals surface area (Å²) < 4.78 is 75.1. The predicted molar refractivity (Wildman–Crippen MR) is 93.6 cm³/mol. The lowest BCUT2D eigenvalue weighted by Gasteiger charge is -2.41. The van der Waals surface area contributed by atoms with Gasteiger partial charge in [0.1, 0.15) is 5.76 Å². The maximum absolute atomic E-state index is 12.8. The number of alkyl halides is 3. The maximum atomic E-state index is 12.8. The summed E-state index contributed by atoms with van der Waals surface area (Å²) in [5, 5.41) is 0. The standard InChI is InChI=1S/C17H22F3NO7S/c1-4-11(28-29(24,25)17(18,19)20)9-16-7-5-6-8-21(16)10-12(14(22)26-2)13(16)15(23)27-3/h9H,4-8,10H2,1-3H3/b11-9-. The third-order valence-electron chi connectivity index (χ3n) is 4.95. The third kappa shape index (κ3) is 4.27. The van der Waals surface area contributed by atoms with Gasteiger partial charge in [-0.15, -0.1) is 0 Å². The lowest BCUT2D eigenvalue weighted by atomic mass is 9.80. The van der Waals surface area contributed by atoms with Crippen molar-refractivity contribution in [3.63, 3.8) is 0 Å². The molecular formula is C17H22F3NO7S. The minimum absolute atomic E-state index is 0.0105. The van der Waals surface area contributed by atoms with Crippen LogP contribution >= 0.6 is 0 Å². The molecule has 2 heterocycles. The van der Waals surface area contributed by atoms with Gasteiger partial charge >= 0.3 is 27.6 Å². The molecule has 0 bridgehead atoms. The summed E-state index contributed by atoms with van der Waals surface area (Å²) in [5.74, 6) is -2.10. The second-order valence-corrected chi connectivity index (χ2v) is 8.12. The highest BCUT2D eigenvalue weighted by Crippen LogP contribution is 2.45. The summed E-state index contributed by atoms with van der Waals surface area (Å²) in [6.45, 7) is 1.86. The van der Waals surface area contributed by atoms with Crippen LogP contribution in [0.5, 0.6) is 0 Å². The molecule has 29 heavy (non-hydrogen) atoms. The van der Waals surface area contributed by atoms with E-state index in [-0.39, 0.29) is 30.5 Å². The molecule has 0 aromatic carbocycles. The average Bonchev–Trinajstić information content (AvgIpc) is 2.99. The van der Waals surface area contributed by atoms with Crippen molar-refractivity contribution < 1.29 is 44.8 Å². The SMILES string of the molecule is CC/C(=C/C12CCCCN1CC(C(=O)OC)=C2C(=O)OC)OS(=O)(=O)C(F)(F)F. The summed E-state index contributed by atoms with van der Waals surface area (Å²) in [6, 6.07) is 0. The van der Waals surface area contributed by atoms with Crippen LogP contribution in [0.4, 0.5) is 13.2 Å². The van der Waals surface area contributed by atoms with Crippen LogP contribution in [0.2, 0.25) is 0 Å². The Bertz CT molecular complexity index is 848. The van der Waals surface area contributed by atoms with Crippen LogP contribution in [0.25, 0.3) is 0 Å². The van der Waals surface area contributed by atoms with Gasteiger partial charge in [-0.1, -0.05) is 6.92 Å². The molecule has 0 aromatic rings. The fourth-order valence-corrected chi connectivity index (χ4v) is 4.20. The van der Waals surface area contributed by atoms with Crippen LogP contribution in [-0.4, -0.2) is 63.6 Å². The molecule has 8 nitrogen and oxygen atoms in total. The number of piperidine rings is 1. The van der Waals surface area contributed by atoms with E-state index in [1.54, 1.807) is 4.90 Å². The molecule has 1 atom stereocenters. The highest BCUT2D eigenvalue weighted by atomic mass is 32.2. The van der Waals surface area contributed by atoms with Gasteiger partial charge in [0.25, 0.3) is 0 Å². The Morgan fingerprint density at radius 2 is 1.79 bits per heavy atom. The van der Waals surface area contributed by atoms with E-state index in [1.807, 2.05) is 0 Å². The van der Waals surface area contributed by atoms with Gasteiger partial charge in [0, 0.05) is 13.0 Å². The molecule has 0 amide bonds. The van der Waals surface area contributed by atoms with Gasteiger partial charge in [-0.2, -0.15) is 21.6 Å². The summed E-state index contributed by atoms with van der Waals surface area (Å²) in [5.41, 5.74) is -6.99. The van der Waals surface area contributed by atoms with E-state index < -0.39 is 38.9 Å². The van der Waals surface area contributed by atoms with E-state index in [0.29, 0.717) is 13.0 Å². The van der Waals surface area contributed by atoms with Crippen molar-refractivity contribution >= 4 is 22.1 Å². The molecule has 2 aliphatic rings. The number of hydrogen-bond acceptors (Lipinski definition) is 8. The number of ether oxygens (including phenoxy) is 2. The molecule has 12 heteroatoms. The summed E-state index contributed by atoms with van der Waals surface area (Å²) in [4.78, 5) is 26.5. The smallest absolute Gasteiger partial charge is 0.466 e. The van der Waals surface area contributed by atoms with E-state index >= 15 is 0 Å². The summed E-state index contributed by atoms with van der Waals surface area (Å²) >= 11 is 0. The van der Waals surface area contributed by atoms with Crippen molar-refractivity contribution in [2.24, 2.45) is 0 Å². The Labute approximate surface area is 166 Å². The first-order valence-electron chi connectivity index (χ1n) is 8.81. The molecule has 1 unspecified atom stereocenters. The molecular weight excluding hydrogens is 419 g/mol. The van der Waals surface area contributed by atoms with Crippen molar-refractivity contribution in [1.82, 2.24) is 4.90 Å². The largest absolute Gasteiger partial charge is 0.534 e. The van der Waals surface area contributed by atoms with Gasteiger partial charge in [-0.05, 0) is 31.9 Å². The van der Waals surface area contributed by atoms with Gasteiger partial charge < -0.3 is 13.7 Å². The van der Waals surface area contributed by atoms with Crippen molar-refractivity contribution in [1.29, 1.82) is 0 Å². The Hall–Kier alpha value is -2.08. The lowest BCUT2D eigenvalue weighted by molar-refractivity contribution is -0.139. The first-order valence-corrected chi connectivity index (χ1v) is 10.2. The Kier molecular flexibility index (Phi) is 6.68. The number of carbonyl (C=O) groups excluding carboxylic acids is 2. The molecule has 2 aliphatic heterocycles. The van der Waals surface area contributed by atoms with Crippen LogP contribution in [0.15, 0.2) is 23.0 Å². The van der Waals surface area contributed by atoms with Crippen molar-refractivity contribution in [3.05, 3.63) is 23.0 Å². The first kappa shape index (κ1) is 23.2. The van der Waals surface area contributed by atoms with E-state index in [9.17, 15) is 31.2 Å². The van der Waals surface area contributed by atoms with Gasteiger partial charge in [0.15, 0.2) is 0 Å². The molecule has 0 aliphatic carbocycles. The highest BCUT2D eigenvalue weighted by molar-refractivity contribution is 7.87. The zero-order valence-electron chi connectivity index (χ0n) is 16.2. The average molecular weight is 441 g/mol. The monoisotopic (exact) mass is 441 g/mol. The van der Waals surface area contributed by atoms with Crippen molar-refractivity contribution in [2.75, 3.05) is 27.3 Å². The second kappa shape index (κ2) is 8.34. The number of esters is 2. The quantitative estimate of drug-likeness (QED) is 0.267. The second-order valence-electron chi connectivity index (χ2n) is 6.59. The number of methoxy groups -OCH3 is 2. The minimum atomic E-state index is -5.88. The van der Waals surface area contributed by atoms with Gasteiger partial charge in [0.05, 0.1) is 30.9 Å². The maximum Gasteiger partial charge on any atom is 0.534 e. The Morgan fingerprint density at radius 1 is 1.17 bits per heavy atom. The third-order valence-corrected chi connectivity index (χ3v) is 5.95. The number of rotatable bonds is 6. The number of carbonyl (C=O) groups is 2. The Balaban J connectivity index is 2.64. The number of nitrogens with zero attached hydrogens (tertiary/aromatic N) is 1. The molecule has 1 fully saturated rings. The number of allylic oxidation sites excluding steroid dienone is 1. The minimum Gasteiger partial charge on any atom is -0.466 e. The topological polar surface area (TPSA) is 99.2 Å². The lowest BCUT2D eigenvalue weighted by Crippen LogP contribution is -2.50. The fourth-order valence-electron chi connectivity index (χ4n) is 3.66. The van der Waals surface area contributed by atoms with Gasteiger partial charge in [0.2, 0.25) is 0 Å².